The highest BCUT2D eigenvalue weighted by Gasteiger charge is 2.59. The van der Waals surface area contributed by atoms with Crippen LogP contribution in [0, 0.1) is 24.9 Å². The van der Waals surface area contributed by atoms with Gasteiger partial charge in [0.2, 0.25) is 0 Å². The summed E-state index contributed by atoms with van der Waals surface area (Å²) in [4.78, 5) is 25.1. The molecule has 0 saturated heterocycles. The third kappa shape index (κ3) is 5.55. The van der Waals surface area contributed by atoms with E-state index < -0.39 is 44.5 Å². The van der Waals surface area contributed by atoms with Gasteiger partial charge >= 0.3 is 33.3 Å². The molecular formula is C31H36F2IO4+. The molecule has 4 aliphatic rings. The number of hydrogen-bond acceptors (Lipinski definition) is 4. The molecule has 2 aromatic carbocycles. The number of ether oxygens (including phenoxy) is 2. The quantitative estimate of drug-likeness (QED) is 0.344. The summed E-state index contributed by atoms with van der Waals surface area (Å²) >= 11 is -0.416. The molecule has 0 aliphatic heterocycles. The van der Waals surface area contributed by atoms with Crippen molar-refractivity contribution < 1.29 is 49.0 Å². The Morgan fingerprint density at radius 2 is 1.34 bits per heavy atom. The number of Topliss-reactive ketones (excluding diaryl/α,β-unsaturated/α-hetero) is 1. The van der Waals surface area contributed by atoms with E-state index in [0.717, 1.165) is 16.4 Å². The summed E-state index contributed by atoms with van der Waals surface area (Å²) in [6.07, 6.45) is -1.26. The largest absolute Gasteiger partial charge is 0.456 e. The van der Waals surface area contributed by atoms with Gasteiger partial charge in [-0.15, -0.1) is 0 Å². The first-order valence-electron chi connectivity index (χ1n) is 13.4. The average molecular weight is 638 g/mol. The van der Waals surface area contributed by atoms with Crippen molar-refractivity contribution in [2.45, 2.75) is 89.4 Å². The van der Waals surface area contributed by atoms with Crippen LogP contribution in [0.3, 0.4) is 0 Å². The zero-order valence-corrected chi connectivity index (χ0v) is 24.8. The highest BCUT2D eigenvalue weighted by atomic mass is 127. The van der Waals surface area contributed by atoms with Gasteiger partial charge in [-0.1, -0.05) is 45.0 Å². The summed E-state index contributed by atoms with van der Waals surface area (Å²) in [5.74, 6) is -1.51. The lowest BCUT2D eigenvalue weighted by Crippen LogP contribution is -3.61. The van der Waals surface area contributed by atoms with Crippen molar-refractivity contribution in [2.75, 3.05) is 0 Å². The lowest BCUT2D eigenvalue weighted by Gasteiger charge is -2.54. The Hall–Kier alpha value is -1.87. The number of rotatable bonds is 7. The molecule has 4 nitrogen and oxygen atoms in total. The Balaban J connectivity index is 1.23. The number of alkyl halides is 2. The van der Waals surface area contributed by atoms with Gasteiger partial charge in [-0.25, -0.2) is 4.79 Å². The first kappa shape index (κ1) is 27.7. The highest BCUT2D eigenvalue weighted by Crippen LogP contribution is 2.56. The predicted molar refractivity (Wildman–Crippen MR) is 135 cm³/mol. The molecule has 4 saturated carbocycles. The number of esters is 1. The van der Waals surface area contributed by atoms with Gasteiger partial charge in [0.25, 0.3) is 0 Å². The number of ketones is 1. The number of carbonyl (C=O) groups is 2. The maximum Gasteiger partial charge on any atom is 0.456 e. The van der Waals surface area contributed by atoms with Crippen molar-refractivity contribution in [3.8, 4) is 0 Å². The molecule has 0 amide bonds. The van der Waals surface area contributed by atoms with Gasteiger partial charge in [0.15, 0.2) is 7.14 Å². The van der Waals surface area contributed by atoms with E-state index in [4.69, 9.17) is 9.47 Å². The fourth-order valence-corrected chi connectivity index (χ4v) is 8.69. The number of halogens is 3. The van der Waals surface area contributed by atoms with E-state index in [9.17, 15) is 9.59 Å². The molecule has 38 heavy (non-hydrogen) atoms. The molecule has 4 bridgehead atoms. The maximum absolute atomic E-state index is 15.1. The van der Waals surface area contributed by atoms with Crippen LogP contribution in [0.1, 0.15) is 77.8 Å². The lowest BCUT2D eigenvalue weighted by molar-refractivity contribution is -0.597. The Kier molecular flexibility index (Phi) is 7.03. The molecule has 0 heterocycles. The molecular weight excluding hydrogens is 601 g/mol. The van der Waals surface area contributed by atoms with Crippen LogP contribution in [0.2, 0.25) is 0 Å². The van der Waals surface area contributed by atoms with E-state index in [2.05, 4.69) is 45.0 Å². The van der Waals surface area contributed by atoms with Gasteiger partial charge in [0.1, 0.15) is 11.4 Å². The number of carbonyl (C=O) groups excluding carboxylic acids is 2. The Bertz CT molecular complexity index is 1200. The van der Waals surface area contributed by atoms with Gasteiger partial charge in [0.05, 0.1) is 5.60 Å². The fourth-order valence-electron chi connectivity index (χ4n) is 6.53. The van der Waals surface area contributed by atoms with Crippen LogP contribution >= 0.6 is 0 Å². The molecule has 2 unspecified atom stereocenters. The second-order valence-electron chi connectivity index (χ2n) is 12.8. The minimum atomic E-state index is -4.10. The van der Waals surface area contributed by atoms with Crippen molar-refractivity contribution in [1.29, 1.82) is 0 Å². The van der Waals surface area contributed by atoms with E-state index in [0.29, 0.717) is 24.8 Å². The van der Waals surface area contributed by atoms with E-state index in [1.54, 1.807) is 12.1 Å². The first-order chi connectivity index (χ1) is 17.7. The normalized spacial score (nSPS) is 27.0. The zero-order chi connectivity index (χ0) is 27.5. The number of benzene rings is 2. The van der Waals surface area contributed by atoms with Gasteiger partial charge in [0, 0.05) is 11.8 Å². The second kappa shape index (κ2) is 9.65. The Morgan fingerprint density at radius 1 is 0.842 bits per heavy atom. The molecule has 0 radical (unpaired) electrons. The smallest absolute Gasteiger partial charge is 0.453 e. The van der Waals surface area contributed by atoms with Crippen molar-refractivity contribution in [3.05, 3.63) is 66.8 Å². The SMILES string of the molecule is CC(C)(C)c1ccc([I+]c2ccc(C(C)(C)OC(F)(F)C(=O)OC34CC5CC(C3)C(=O)C(C5)C4)cc2)cc1. The summed E-state index contributed by atoms with van der Waals surface area (Å²) in [6.45, 7) is 9.64. The monoisotopic (exact) mass is 637 g/mol. The Labute approximate surface area is 234 Å². The highest BCUT2D eigenvalue weighted by molar-refractivity contribution is 5.86. The minimum absolute atomic E-state index is 0.104. The van der Waals surface area contributed by atoms with Gasteiger partial charge in [-0.05, 0) is 92.7 Å². The van der Waals surface area contributed by atoms with E-state index >= 15 is 8.78 Å². The van der Waals surface area contributed by atoms with Gasteiger partial charge in [-0.3, -0.25) is 4.79 Å². The molecule has 2 atom stereocenters. The van der Waals surface area contributed by atoms with Crippen molar-refractivity contribution in [1.82, 2.24) is 0 Å². The molecule has 4 aliphatic carbocycles. The van der Waals surface area contributed by atoms with Crippen molar-refractivity contribution in [3.63, 3.8) is 0 Å². The average Bonchev–Trinajstić information content (AvgIpc) is 2.81. The summed E-state index contributed by atoms with van der Waals surface area (Å²) in [5, 5.41) is 0. The van der Waals surface area contributed by atoms with Crippen LogP contribution in [0.25, 0.3) is 0 Å². The summed E-state index contributed by atoms with van der Waals surface area (Å²) in [5.41, 5.74) is -0.427. The summed E-state index contributed by atoms with van der Waals surface area (Å²) in [7, 11) is 0. The molecule has 6 rings (SSSR count). The molecule has 204 valence electrons. The van der Waals surface area contributed by atoms with Crippen LogP contribution in [0.5, 0.6) is 0 Å². The summed E-state index contributed by atoms with van der Waals surface area (Å²) in [6, 6.07) is 16.2. The predicted octanol–water partition coefficient (Wildman–Crippen LogP) is 3.65. The van der Waals surface area contributed by atoms with Crippen LogP contribution in [-0.4, -0.2) is 23.5 Å². The van der Waals surface area contributed by atoms with Gasteiger partial charge < -0.3 is 9.47 Å². The maximum atomic E-state index is 15.1. The summed E-state index contributed by atoms with van der Waals surface area (Å²) < 4.78 is 43.3. The second-order valence-corrected chi connectivity index (χ2v) is 15.8. The molecule has 7 heteroatoms. The molecule has 0 N–H and O–H groups in total. The third-order valence-corrected chi connectivity index (χ3v) is 11.0. The molecule has 0 spiro atoms. The van der Waals surface area contributed by atoms with Crippen LogP contribution in [0.4, 0.5) is 8.78 Å². The molecule has 4 fully saturated rings. The minimum Gasteiger partial charge on any atom is -0.453 e. The van der Waals surface area contributed by atoms with Crippen molar-refractivity contribution >= 4 is 11.8 Å². The number of hydrogen-bond donors (Lipinski definition) is 0. The van der Waals surface area contributed by atoms with E-state index in [-0.39, 0.29) is 29.0 Å². The van der Waals surface area contributed by atoms with E-state index in [1.165, 1.54) is 23.0 Å². The topological polar surface area (TPSA) is 52.6 Å². The Morgan fingerprint density at radius 3 is 1.84 bits per heavy atom. The van der Waals surface area contributed by atoms with Gasteiger partial charge in [-0.2, -0.15) is 8.78 Å². The van der Waals surface area contributed by atoms with Crippen LogP contribution in [0.15, 0.2) is 48.5 Å². The standard InChI is InChI=1S/C31H36F2IO4/c1-28(2,3)22-6-10-24(11-7-22)34-25-12-8-23(9-13-25)29(4,5)38-31(32,33)27(36)37-30-16-19-14-20(17-30)26(35)21(15-19)18-30/h6-13,19-21H,14-18H2,1-5H3/q+1. The van der Waals surface area contributed by atoms with Crippen molar-refractivity contribution in [2.24, 2.45) is 17.8 Å². The van der Waals surface area contributed by atoms with Crippen LogP contribution < -0.4 is 21.2 Å². The lowest BCUT2D eigenvalue weighted by atomic mass is 9.53. The fraction of sp³-hybridized carbons (Fsp3) is 0.548. The molecule has 0 aromatic heterocycles. The zero-order valence-electron chi connectivity index (χ0n) is 22.7. The third-order valence-electron chi connectivity index (χ3n) is 8.34. The van der Waals surface area contributed by atoms with E-state index in [1.807, 2.05) is 12.1 Å². The first-order valence-corrected chi connectivity index (χ1v) is 15.5. The van der Waals surface area contributed by atoms with Crippen LogP contribution in [-0.2, 0) is 30.1 Å². The molecule has 2 aromatic rings.